The topological polar surface area (TPSA) is 58.6 Å². The molecule has 0 aliphatic heterocycles. The number of amides is 1. The van der Waals surface area contributed by atoms with Crippen molar-refractivity contribution in [3.63, 3.8) is 0 Å². The summed E-state index contributed by atoms with van der Waals surface area (Å²) >= 11 is 1.76. The smallest absolute Gasteiger partial charge is 0.223 e. The number of aliphatic hydroxyl groups is 1. The van der Waals surface area contributed by atoms with E-state index in [0.717, 1.165) is 17.7 Å². The van der Waals surface area contributed by atoms with Crippen molar-refractivity contribution < 1.29 is 14.6 Å². The molecule has 0 bridgehead atoms. The van der Waals surface area contributed by atoms with Crippen LogP contribution in [-0.4, -0.2) is 30.3 Å². The lowest BCUT2D eigenvalue weighted by Crippen LogP contribution is -2.36. The van der Waals surface area contributed by atoms with Crippen LogP contribution in [0, 0.1) is 19.8 Å². The minimum Gasteiger partial charge on any atom is -0.491 e. The van der Waals surface area contributed by atoms with E-state index in [4.69, 9.17) is 4.74 Å². The predicted octanol–water partition coefficient (Wildman–Crippen LogP) is 3.02. The van der Waals surface area contributed by atoms with Crippen molar-refractivity contribution in [3.05, 3.63) is 51.7 Å². The Morgan fingerprint density at radius 1 is 1.38 bits per heavy atom. The van der Waals surface area contributed by atoms with E-state index >= 15 is 0 Å². The molecule has 3 unspecified atom stereocenters. The lowest BCUT2D eigenvalue weighted by atomic mass is 10.2. The summed E-state index contributed by atoms with van der Waals surface area (Å²) in [5.41, 5.74) is 1.11. The number of hydrogen-bond acceptors (Lipinski definition) is 4. The fourth-order valence-corrected chi connectivity index (χ4v) is 3.81. The van der Waals surface area contributed by atoms with Crippen molar-refractivity contribution in [2.24, 2.45) is 5.92 Å². The molecule has 1 aliphatic carbocycles. The molecule has 5 heteroatoms. The number of thiophene rings is 1. The number of carbonyl (C=O) groups excluding carboxylic acids is 1. The van der Waals surface area contributed by atoms with Gasteiger partial charge in [-0.15, -0.1) is 11.3 Å². The van der Waals surface area contributed by atoms with Gasteiger partial charge in [0.2, 0.25) is 5.91 Å². The normalized spacial score (nSPS) is 20.5. The zero-order valence-electron chi connectivity index (χ0n) is 14.0. The Morgan fingerprint density at radius 3 is 2.92 bits per heavy atom. The summed E-state index contributed by atoms with van der Waals surface area (Å²) in [7, 11) is 0. The molecule has 0 saturated heterocycles. The zero-order chi connectivity index (χ0) is 17.1. The second-order valence-corrected chi connectivity index (χ2v) is 7.74. The third-order valence-corrected chi connectivity index (χ3v) is 5.33. The SMILES string of the molecule is Cc1cccc(OCC(O)CNC(=O)C2CC2c2ccc(C)s2)c1. The molecule has 0 spiro atoms. The molecule has 24 heavy (non-hydrogen) atoms. The third-order valence-electron chi connectivity index (χ3n) is 4.20. The molecule has 4 nitrogen and oxygen atoms in total. The van der Waals surface area contributed by atoms with Gasteiger partial charge in [0.05, 0.1) is 0 Å². The van der Waals surface area contributed by atoms with Crippen LogP contribution in [0.3, 0.4) is 0 Å². The fraction of sp³-hybridized carbons (Fsp3) is 0.421. The molecule has 3 atom stereocenters. The highest BCUT2D eigenvalue weighted by Gasteiger charge is 2.44. The summed E-state index contributed by atoms with van der Waals surface area (Å²) in [4.78, 5) is 14.7. The molecule has 0 radical (unpaired) electrons. The second-order valence-electron chi connectivity index (χ2n) is 6.42. The molecule has 128 valence electrons. The number of rotatable bonds is 7. The van der Waals surface area contributed by atoms with Gasteiger partial charge in [0.15, 0.2) is 0 Å². The van der Waals surface area contributed by atoms with Gasteiger partial charge < -0.3 is 15.2 Å². The van der Waals surface area contributed by atoms with Crippen LogP contribution in [0.15, 0.2) is 36.4 Å². The standard InChI is InChI=1S/C19H23NO3S/c1-12-4-3-5-15(8-12)23-11-14(21)10-20-19(22)17-9-16(17)18-7-6-13(2)24-18/h3-8,14,16-17,21H,9-11H2,1-2H3,(H,20,22). The molecule has 1 heterocycles. The number of hydrogen-bond donors (Lipinski definition) is 2. The maximum Gasteiger partial charge on any atom is 0.223 e. The molecule has 1 aliphatic rings. The van der Waals surface area contributed by atoms with Gasteiger partial charge in [-0.1, -0.05) is 12.1 Å². The van der Waals surface area contributed by atoms with Crippen LogP contribution >= 0.6 is 11.3 Å². The van der Waals surface area contributed by atoms with Crippen LogP contribution in [0.5, 0.6) is 5.75 Å². The maximum absolute atomic E-state index is 12.2. The Bertz CT molecular complexity index is 712. The van der Waals surface area contributed by atoms with Gasteiger partial charge in [-0.25, -0.2) is 0 Å². The van der Waals surface area contributed by atoms with E-state index in [1.807, 2.05) is 31.2 Å². The molecule has 1 aromatic carbocycles. The summed E-state index contributed by atoms with van der Waals surface area (Å²) in [6, 6.07) is 11.9. The summed E-state index contributed by atoms with van der Waals surface area (Å²) in [6.45, 7) is 4.46. The van der Waals surface area contributed by atoms with Crippen molar-refractivity contribution >= 4 is 17.2 Å². The van der Waals surface area contributed by atoms with Crippen molar-refractivity contribution in [3.8, 4) is 5.75 Å². The summed E-state index contributed by atoms with van der Waals surface area (Å²) in [5, 5.41) is 12.8. The van der Waals surface area contributed by atoms with E-state index in [2.05, 4.69) is 24.4 Å². The first-order valence-corrected chi connectivity index (χ1v) is 9.06. The van der Waals surface area contributed by atoms with E-state index in [9.17, 15) is 9.90 Å². The molecule has 1 fully saturated rings. The highest BCUT2D eigenvalue weighted by atomic mass is 32.1. The highest BCUT2D eigenvalue weighted by molar-refractivity contribution is 7.12. The van der Waals surface area contributed by atoms with Crippen LogP contribution in [0.1, 0.15) is 27.7 Å². The van der Waals surface area contributed by atoms with Crippen molar-refractivity contribution in [2.75, 3.05) is 13.2 Å². The van der Waals surface area contributed by atoms with Crippen LogP contribution < -0.4 is 10.1 Å². The first-order valence-electron chi connectivity index (χ1n) is 8.24. The number of carbonyl (C=O) groups is 1. The molecule has 1 amide bonds. The van der Waals surface area contributed by atoms with E-state index in [-0.39, 0.29) is 25.0 Å². The summed E-state index contributed by atoms with van der Waals surface area (Å²) in [5.74, 6) is 1.16. The van der Waals surface area contributed by atoms with Crippen molar-refractivity contribution in [1.29, 1.82) is 0 Å². The van der Waals surface area contributed by atoms with Crippen LogP contribution in [0.4, 0.5) is 0 Å². The average Bonchev–Trinajstić information content (AvgIpc) is 3.25. The molecule has 2 N–H and O–H groups in total. The largest absolute Gasteiger partial charge is 0.491 e. The Morgan fingerprint density at radius 2 is 2.21 bits per heavy atom. The van der Waals surface area contributed by atoms with Gasteiger partial charge >= 0.3 is 0 Å². The van der Waals surface area contributed by atoms with Gasteiger partial charge in [0.25, 0.3) is 0 Å². The van der Waals surface area contributed by atoms with Crippen LogP contribution in [0.25, 0.3) is 0 Å². The van der Waals surface area contributed by atoms with E-state index < -0.39 is 6.10 Å². The number of ether oxygens (including phenoxy) is 1. The zero-order valence-corrected chi connectivity index (χ0v) is 14.8. The van der Waals surface area contributed by atoms with Gasteiger partial charge in [-0.3, -0.25) is 4.79 Å². The van der Waals surface area contributed by atoms with Crippen molar-refractivity contribution in [1.82, 2.24) is 5.32 Å². The monoisotopic (exact) mass is 345 g/mol. The molecular formula is C19H23NO3S. The van der Waals surface area contributed by atoms with Gasteiger partial charge in [-0.2, -0.15) is 0 Å². The molecule has 3 rings (SSSR count). The van der Waals surface area contributed by atoms with Crippen LogP contribution in [0.2, 0.25) is 0 Å². The van der Waals surface area contributed by atoms with Gasteiger partial charge in [0, 0.05) is 28.1 Å². The molecule has 2 aromatic rings. The maximum atomic E-state index is 12.2. The second kappa shape index (κ2) is 7.36. The molecule has 1 aromatic heterocycles. The Labute approximate surface area is 146 Å². The van der Waals surface area contributed by atoms with Gasteiger partial charge in [0.1, 0.15) is 18.5 Å². The summed E-state index contributed by atoms with van der Waals surface area (Å²) < 4.78 is 5.55. The minimum atomic E-state index is -0.712. The first-order chi connectivity index (χ1) is 11.5. The Kier molecular flexibility index (Phi) is 5.21. The van der Waals surface area contributed by atoms with Crippen molar-refractivity contribution in [2.45, 2.75) is 32.3 Å². The quantitative estimate of drug-likeness (QED) is 0.811. The van der Waals surface area contributed by atoms with E-state index in [1.165, 1.54) is 9.75 Å². The van der Waals surface area contributed by atoms with Gasteiger partial charge in [-0.05, 0) is 50.1 Å². The molecule has 1 saturated carbocycles. The van der Waals surface area contributed by atoms with E-state index in [1.54, 1.807) is 11.3 Å². The fourth-order valence-electron chi connectivity index (χ4n) is 2.76. The molecular weight excluding hydrogens is 322 g/mol. The first kappa shape index (κ1) is 17.0. The average molecular weight is 345 g/mol. The Hall–Kier alpha value is -1.85. The lowest BCUT2D eigenvalue weighted by Gasteiger charge is -2.13. The number of nitrogens with one attached hydrogen (secondary N) is 1. The minimum absolute atomic E-state index is 0.0284. The number of benzene rings is 1. The number of aryl methyl sites for hydroxylation is 2. The highest BCUT2D eigenvalue weighted by Crippen LogP contribution is 2.49. The predicted molar refractivity (Wildman–Crippen MR) is 95.6 cm³/mol. The van der Waals surface area contributed by atoms with Crippen LogP contribution in [-0.2, 0) is 4.79 Å². The summed E-state index contributed by atoms with van der Waals surface area (Å²) in [6.07, 6.45) is 0.192. The third kappa shape index (κ3) is 4.36. The van der Waals surface area contributed by atoms with E-state index in [0.29, 0.717) is 5.92 Å². The number of aliphatic hydroxyl groups excluding tert-OH is 1. The Balaban J connectivity index is 1.39. The lowest BCUT2D eigenvalue weighted by molar-refractivity contribution is -0.122.